The van der Waals surface area contributed by atoms with Crippen LogP contribution in [0.3, 0.4) is 0 Å². The molecule has 0 unspecified atom stereocenters. The first kappa shape index (κ1) is 15.5. The van der Waals surface area contributed by atoms with Crippen molar-refractivity contribution in [3.8, 4) is 0 Å². The highest BCUT2D eigenvalue weighted by Gasteiger charge is 2.51. The van der Waals surface area contributed by atoms with Crippen molar-refractivity contribution in [1.29, 1.82) is 0 Å². The molecule has 4 rings (SSSR count). The number of aryl methyl sites for hydroxylation is 1. The first-order chi connectivity index (χ1) is 11.5. The molecule has 2 fully saturated rings. The van der Waals surface area contributed by atoms with Crippen LogP contribution in [-0.2, 0) is 17.1 Å². The Kier molecular flexibility index (Phi) is 3.57. The van der Waals surface area contributed by atoms with Crippen molar-refractivity contribution in [3.63, 3.8) is 0 Å². The Balaban J connectivity index is 1.39. The maximum Gasteiger partial charge on any atom is 0.262 e. The van der Waals surface area contributed by atoms with Gasteiger partial charge in [0, 0.05) is 38.6 Å². The molecule has 0 aromatic carbocycles. The summed E-state index contributed by atoms with van der Waals surface area (Å²) in [7, 11) is -1.71. The summed E-state index contributed by atoms with van der Waals surface area (Å²) in [4.78, 5) is 12.1. The first-order valence-corrected chi connectivity index (χ1v) is 9.42. The van der Waals surface area contributed by atoms with Crippen LogP contribution in [0.1, 0.15) is 19.3 Å². The number of hydrogen-bond acceptors (Lipinski definition) is 6. The number of hydrogen-bond donors (Lipinski definition) is 1. The largest absolute Gasteiger partial charge is 0.367 e. The number of sulfonamides is 1. The van der Waals surface area contributed by atoms with Gasteiger partial charge in [-0.25, -0.2) is 23.4 Å². The van der Waals surface area contributed by atoms with E-state index in [2.05, 4.69) is 20.3 Å². The number of nitrogens with one attached hydrogen (secondary N) is 1. The van der Waals surface area contributed by atoms with Crippen LogP contribution in [0.5, 0.6) is 0 Å². The van der Waals surface area contributed by atoms with E-state index in [4.69, 9.17) is 0 Å². The molecule has 8 nitrogen and oxygen atoms in total. The maximum atomic E-state index is 12.7. The third kappa shape index (κ3) is 2.67. The molecule has 9 heteroatoms. The summed E-state index contributed by atoms with van der Waals surface area (Å²) >= 11 is 0. The molecule has 1 saturated carbocycles. The third-order valence-electron chi connectivity index (χ3n) is 4.98. The second-order valence-corrected chi connectivity index (χ2v) is 8.69. The fourth-order valence-electron chi connectivity index (χ4n) is 3.76. The Morgan fingerprint density at radius 2 is 2.17 bits per heavy atom. The van der Waals surface area contributed by atoms with E-state index in [1.165, 1.54) is 12.7 Å². The quantitative estimate of drug-likeness (QED) is 0.881. The van der Waals surface area contributed by atoms with Gasteiger partial charge in [0.15, 0.2) is 5.03 Å². The zero-order chi connectivity index (χ0) is 16.8. The van der Waals surface area contributed by atoms with E-state index in [1.54, 1.807) is 28.3 Å². The Morgan fingerprint density at radius 1 is 1.33 bits per heavy atom. The first-order valence-electron chi connectivity index (χ1n) is 7.98. The zero-order valence-electron chi connectivity index (χ0n) is 13.5. The predicted octanol–water partition coefficient (Wildman–Crippen LogP) is 0.865. The molecule has 0 radical (unpaired) electrons. The van der Waals surface area contributed by atoms with Gasteiger partial charge in [-0.3, -0.25) is 0 Å². The molecule has 2 aliphatic rings. The molecular formula is C15H20N6O2S. The Hall–Kier alpha value is -2.00. The summed E-state index contributed by atoms with van der Waals surface area (Å²) in [5.74, 6) is 0.820. The van der Waals surface area contributed by atoms with E-state index in [9.17, 15) is 8.42 Å². The predicted molar refractivity (Wildman–Crippen MR) is 87.7 cm³/mol. The summed E-state index contributed by atoms with van der Waals surface area (Å²) in [6, 6.07) is 2.19. The molecule has 0 atom stereocenters. The lowest BCUT2D eigenvalue weighted by Gasteiger charge is -2.45. The van der Waals surface area contributed by atoms with E-state index in [-0.39, 0.29) is 10.4 Å². The van der Waals surface area contributed by atoms with Crippen molar-refractivity contribution in [2.24, 2.45) is 12.5 Å². The Bertz CT molecular complexity index is 829. The van der Waals surface area contributed by atoms with Gasteiger partial charge < -0.3 is 9.88 Å². The van der Waals surface area contributed by atoms with E-state index in [1.807, 2.05) is 6.07 Å². The van der Waals surface area contributed by atoms with Crippen molar-refractivity contribution in [2.75, 3.05) is 18.4 Å². The van der Waals surface area contributed by atoms with Crippen LogP contribution in [0.2, 0.25) is 0 Å². The highest BCUT2D eigenvalue weighted by Crippen LogP contribution is 2.49. The van der Waals surface area contributed by atoms with E-state index < -0.39 is 10.0 Å². The van der Waals surface area contributed by atoms with Crippen LogP contribution in [0, 0.1) is 5.41 Å². The molecule has 24 heavy (non-hydrogen) atoms. The average molecular weight is 348 g/mol. The number of aromatic nitrogens is 4. The average Bonchev–Trinajstić information content (AvgIpc) is 3.15. The molecule has 1 aliphatic carbocycles. The normalized spacial score (nSPS) is 27.3. The van der Waals surface area contributed by atoms with Gasteiger partial charge in [-0.2, -0.15) is 4.31 Å². The van der Waals surface area contributed by atoms with Gasteiger partial charge in [0.25, 0.3) is 10.0 Å². The SMILES string of the molecule is Cn1cnc(S(=O)(=O)N2CCC3(CC(Nc4ccncn4)C3)C2)c1. The summed E-state index contributed by atoms with van der Waals surface area (Å²) in [5.41, 5.74) is 0.0898. The van der Waals surface area contributed by atoms with Gasteiger partial charge in [0.1, 0.15) is 12.1 Å². The molecule has 2 aromatic rings. The minimum absolute atomic E-state index is 0.0898. The van der Waals surface area contributed by atoms with Crippen LogP contribution in [0.25, 0.3) is 0 Å². The van der Waals surface area contributed by atoms with Crippen molar-refractivity contribution < 1.29 is 8.42 Å². The molecular weight excluding hydrogens is 328 g/mol. The molecule has 0 amide bonds. The topological polar surface area (TPSA) is 93.0 Å². The Labute approximate surface area is 141 Å². The molecule has 1 N–H and O–H groups in total. The van der Waals surface area contributed by atoms with E-state index >= 15 is 0 Å². The minimum atomic E-state index is -3.48. The lowest BCUT2D eigenvalue weighted by Crippen LogP contribution is -2.47. The van der Waals surface area contributed by atoms with Crippen molar-refractivity contribution >= 4 is 15.8 Å². The summed E-state index contributed by atoms with van der Waals surface area (Å²) in [6.45, 7) is 1.15. The number of rotatable bonds is 4. The fourth-order valence-corrected chi connectivity index (χ4v) is 5.28. The summed E-state index contributed by atoms with van der Waals surface area (Å²) in [6.07, 6.45) is 9.13. The smallest absolute Gasteiger partial charge is 0.262 e. The van der Waals surface area contributed by atoms with Gasteiger partial charge >= 0.3 is 0 Å². The van der Waals surface area contributed by atoms with Crippen LogP contribution in [0.15, 0.2) is 36.1 Å². The standard InChI is InChI=1S/C15H20N6O2S/c1-20-8-14(18-11-20)24(22,23)21-5-3-15(9-21)6-12(7-15)19-13-2-4-16-10-17-13/h2,4,8,10-12H,3,5-7,9H2,1H3,(H,16,17,19). The monoisotopic (exact) mass is 348 g/mol. The van der Waals surface area contributed by atoms with Gasteiger partial charge in [0.05, 0.1) is 6.33 Å². The third-order valence-corrected chi connectivity index (χ3v) is 6.71. The van der Waals surface area contributed by atoms with Gasteiger partial charge in [-0.15, -0.1) is 0 Å². The van der Waals surface area contributed by atoms with Crippen molar-refractivity contribution in [2.45, 2.75) is 30.3 Å². The Morgan fingerprint density at radius 3 is 2.83 bits per heavy atom. The molecule has 128 valence electrons. The molecule has 2 aromatic heterocycles. The number of imidazole rings is 1. The van der Waals surface area contributed by atoms with E-state index in [0.29, 0.717) is 19.1 Å². The van der Waals surface area contributed by atoms with Crippen LogP contribution in [0.4, 0.5) is 5.82 Å². The number of nitrogens with zero attached hydrogens (tertiary/aromatic N) is 5. The summed E-state index contributed by atoms with van der Waals surface area (Å²) in [5, 5.41) is 3.52. The molecule has 3 heterocycles. The molecule has 1 saturated heterocycles. The van der Waals surface area contributed by atoms with Crippen molar-refractivity contribution in [3.05, 3.63) is 31.1 Å². The lowest BCUT2D eigenvalue weighted by molar-refractivity contribution is 0.133. The van der Waals surface area contributed by atoms with E-state index in [0.717, 1.165) is 25.1 Å². The van der Waals surface area contributed by atoms with Gasteiger partial charge in [0.2, 0.25) is 0 Å². The second kappa shape index (κ2) is 5.52. The molecule has 1 spiro atoms. The highest BCUT2D eigenvalue weighted by molar-refractivity contribution is 7.89. The lowest BCUT2D eigenvalue weighted by atomic mass is 9.65. The minimum Gasteiger partial charge on any atom is -0.367 e. The zero-order valence-corrected chi connectivity index (χ0v) is 14.3. The van der Waals surface area contributed by atoms with Gasteiger partial charge in [-0.1, -0.05) is 0 Å². The number of anilines is 1. The molecule has 0 bridgehead atoms. The van der Waals surface area contributed by atoms with Gasteiger partial charge in [-0.05, 0) is 30.7 Å². The fraction of sp³-hybridized carbons (Fsp3) is 0.533. The molecule has 1 aliphatic heterocycles. The maximum absolute atomic E-state index is 12.7. The van der Waals surface area contributed by atoms with Crippen LogP contribution >= 0.6 is 0 Å². The second-order valence-electron chi connectivity index (χ2n) is 6.81. The summed E-state index contributed by atoms with van der Waals surface area (Å²) < 4.78 is 28.6. The highest BCUT2D eigenvalue weighted by atomic mass is 32.2. The van der Waals surface area contributed by atoms with Crippen molar-refractivity contribution in [1.82, 2.24) is 23.8 Å². The van der Waals surface area contributed by atoms with Crippen LogP contribution < -0.4 is 5.32 Å². The van der Waals surface area contributed by atoms with Crippen LogP contribution in [-0.4, -0.2) is 51.4 Å².